The third kappa shape index (κ3) is 2.49. The predicted octanol–water partition coefficient (Wildman–Crippen LogP) is 2.35. The molecular weight excluding hydrogens is 265 g/mol. The van der Waals surface area contributed by atoms with E-state index in [0.29, 0.717) is 23.1 Å². The minimum Gasteiger partial charge on any atom is -0.319 e. The van der Waals surface area contributed by atoms with E-state index in [0.717, 1.165) is 0 Å². The maximum absolute atomic E-state index is 12.3. The molecule has 0 spiro atoms. The maximum atomic E-state index is 12.3. The molecule has 19 heavy (non-hydrogen) atoms. The average molecular weight is 279 g/mol. The average Bonchev–Trinajstić information content (AvgIpc) is 2.35. The Morgan fingerprint density at radius 1 is 1.37 bits per heavy atom. The second-order valence-electron chi connectivity index (χ2n) is 4.61. The van der Waals surface area contributed by atoms with Crippen LogP contribution in [-0.4, -0.2) is 28.2 Å². The third-order valence-corrected chi connectivity index (χ3v) is 4.36. The molecule has 2 aromatic rings. The fraction of sp³-hybridized carbons (Fsp3) is 0.333. The molecule has 100 valence electrons. The Labute approximate surface area is 110 Å². The molecule has 0 saturated carbocycles. The first-order valence-electron chi connectivity index (χ1n) is 5.83. The SMILES string of the molecule is CCc1ncc2c(P(C)(C)=O)c([N+](=O)[O-])ccc2n1. The van der Waals surface area contributed by atoms with Crippen molar-refractivity contribution >= 4 is 29.0 Å². The summed E-state index contributed by atoms with van der Waals surface area (Å²) in [5, 5.41) is 11.8. The number of aromatic nitrogens is 2. The molecule has 2 rings (SSSR count). The summed E-state index contributed by atoms with van der Waals surface area (Å²) in [5.74, 6) is 0.661. The van der Waals surface area contributed by atoms with Gasteiger partial charge in [-0.25, -0.2) is 9.97 Å². The van der Waals surface area contributed by atoms with Crippen LogP contribution in [0.5, 0.6) is 0 Å². The molecule has 7 heteroatoms. The van der Waals surface area contributed by atoms with Crippen molar-refractivity contribution in [2.24, 2.45) is 0 Å². The summed E-state index contributed by atoms with van der Waals surface area (Å²) < 4.78 is 12.3. The van der Waals surface area contributed by atoms with Crippen LogP contribution in [0.1, 0.15) is 12.7 Å². The van der Waals surface area contributed by atoms with Crippen LogP contribution >= 0.6 is 7.14 Å². The maximum Gasteiger partial charge on any atom is 0.280 e. The number of nitro benzene ring substituents is 1. The van der Waals surface area contributed by atoms with E-state index in [1.165, 1.54) is 25.6 Å². The third-order valence-electron chi connectivity index (χ3n) is 2.82. The lowest BCUT2D eigenvalue weighted by Gasteiger charge is -2.11. The van der Waals surface area contributed by atoms with Crippen LogP contribution in [0.3, 0.4) is 0 Å². The Morgan fingerprint density at radius 3 is 2.58 bits per heavy atom. The Hall–Kier alpha value is -1.81. The number of hydrogen-bond acceptors (Lipinski definition) is 5. The number of rotatable bonds is 3. The lowest BCUT2D eigenvalue weighted by molar-refractivity contribution is -0.383. The highest BCUT2D eigenvalue weighted by Gasteiger charge is 2.27. The molecule has 0 radical (unpaired) electrons. The van der Waals surface area contributed by atoms with Gasteiger partial charge in [-0.05, 0) is 19.4 Å². The van der Waals surface area contributed by atoms with Crippen molar-refractivity contribution < 1.29 is 9.49 Å². The molecule has 0 aliphatic carbocycles. The first kappa shape index (κ1) is 13.6. The van der Waals surface area contributed by atoms with Gasteiger partial charge in [-0.2, -0.15) is 0 Å². The summed E-state index contributed by atoms with van der Waals surface area (Å²) in [6, 6.07) is 2.94. The first-order chi connectivity index (χ1) is 8.84. The zero-order valence-corrected chi connectivity index (χ0v) is 11.8. The summed E-state index contributed by atoms with van der Waals surface area (Å²) in [6.07, 6.45) is 2.21. The normalized spacial score (nSPS) is 11.7. The van der Waals surface area contributed by atoms with E-state index < -0.39 is 12.1 Å². The highest BCUT2D eigenvalue weighted by Crippen LogP contribution is 2.41. The van der Waals surface area contributed by atoms with Gasteiger partial charge < -0.3 is 4.57 Å². The largest absolute Gasteiger partial charge is 0.319 e. The van der Waals surface area contributed by atoms with Crippen LogP contribution in [-0.2, 0) is 11.0 Å². The van der Waals surface area contributed by atoms with E-state index in [-0.39, 0.29) is 11.0 Å². The number of aryl methyl sites for hydroxylation is 1. The number of nitro groups is 1. The number of fused-ring (bicyclic) bond motifs is 1. The summed E-state index contributed by atoms with van der Waals surface area (Å²) in [4.78, 5) is 19.0. The summed E-state index contributed by atoms with van der Waals surface area (Å²) in [6.45, 7) is 4.96. The van der Waals surface area contributed by atoms with Gasteiger partial charge in [-0.15, -0.1) is 0 Å². The number of hydrogen-bond donors (Lipinski definition) is 0. The van der Waals surface area contributed by atoms with Crippen LogP contribution in [0.15, 0.2) is 18.3 Å². The molecule has 0 bridgehead atoms. The van der Waals surface area contributed by atoms with Crippen molar-refractivity contribution in [2.75, 3.05) is 13.3 Å². The van der Waals surface area contributed by atoms with Crippen molar-refractivity contribution in [3.8, 4) is 0 Å². The lowest BCUT2D eigenvalue weighted by Crippen LogP contribution is -2.12. The predicted molar refractivity (Wildman–Crippen MR) is 74.7 cm³/mol. The van der Waals surface area contributed by atoms with Crippen LogP contribution in [0.2, 0.25) is 0 Å². The molecular formula is C12H14N3O3P. The van der Waals surface area contributed by atoms with Crippen LogP contribution < -0.4 is 5.30 Å². The molecule has 0 N–H and O–H groups in total. The molecule has 6 nitrogen and oxygen atoms in total. The van der Waals surface area contributed by atoms with Crippen LogP contribution in [0, 0.1) is 10.1 Å². The Bertz CT molecular complexity index is 709. The van der Waals surface area contributed by atoms with E-state index >= 15 is 0 Å². The van der Waals surface area contributed by atoms with Gasteiger partial charge in [0, 0.05) is 24.1 Å². The highest BCUT2D eigenvalue weighted by molar-refractivity contribution is 7.71. The number of nitrogens with zero attached hydrogens (tertiary/aromatic N) is 3. The molecule has 1 aromatic carbocycles. The van der Waals surface area contributed by atoms with Crippen LogP contribution in [0.25, 0.3) is 10.9 Å². The smallest absolute Gasteiger partial charge is 0.280 e. The van der Waals surface area contributed by atoms with Gasteiger partial charge >= 0.3 is 0 Å². The summed E-state index contributed by atoms with van der Waals surface area (Å²) in [7, 11) is -2.80. The van der Waals surface area contributed by atoms with Crippen molar-refractivity contribution in [2.45, 2.75) is 13.3 Å². The summed E-state index contributed by atoms with van der Waals surface area (Å²) >= 11 is 0. The van der Waals surface area contributed by atoms with Gasteiger partial charge in [-0.3, -0.25) is 10.1 Å². The van der Waals surface area contributed by atoms with Gasteiger partial charge in [0.05, 0.1) is 15.7 Å². The Kier molecular flexibility index (Phi) is 3.37. The summed E-state index contributed by atoms with van der Waals surface area (Å²) in [5.41, 5.74) is 0.463. The monoisotopic (exact) mass is 279 g/mol. The van der Waals surface area contributed by atoms with E-state index in [2.05, 4.69) is 9.97 Å². The first-order valence-corrected chi connectivity index (χ1v) is 8.43. The van der Waals surface area contributed by atoms with Crippen molar-refractivity contribution in [3.63, 3.8) is 0 Å². The van der Waals surface area contributed by atoms with E-state index in [4.69, 9.17) is 0 Å². The second-order valence-corrected chi connectivity index (χ2v) is 7.76. The van der Waals surface area contributed by atoms with Gasteiger partial charge in [0.2, 0.25) is 0 Å². The molecule has 1 aromatic heterocycles. The molecule has 0 aliphatic rings. The van der Waals surface area contributed by atoms with Gasteiger partial charge in [0.15, 0.2) is 0 Å². The molecule has 0 amide bonds. The Morgan fingerprint density at radius 2 is 2.05 bits per heavy atom. The minimum atomic E-state index is -2.80. The van der Waals surface area contributed by atoms with Gasteiger partial charge in [0.1, 0.15) is 13.0 Å². The molecule has 0 unspecified atom stereocenters. The second kappa shape index (κ2) is 4.70. The van der Waals surface area contributed by atoms with Crippen LogP contribution in [0.4, 0.5) is 5.69 Å². The van der Waals surface area contributed by atoms with Gasteiger partial charge in [-0.1, -0.05) is 6.92 Å². The lowest BCUT2D eigenvalue weighted by atomic mass is 10.2. The van der Waals surface area contributed by atoms with Gasteiger partial charge in [0.25, 0.3) is 5.69 Å². The van der Waals surface area contributed by atoms with Crippen molar-refractivity contribution in [3.05, 3.63) is 34.3 Å². The molecule has 1 heterocycles. The minimum absolute atomic E-state index is 0.131. The topological polar surface area (TPSA) is 86.0 Å². The number of benzene rings is 1. The molecule has 0 atom stereocenters. The van der Waals surface area contributed by atoms with E-state index in [1.807, 2.05) is 6.92 Å². The molecule has 0 aliphatic heterocycles. The fourth-order valence-corrected chi connectivity index (χ4v) is 3.46. The molecule has 0 fully saturated rings. The quantitative estimate of drug-likeness (QED) is 0.489. The zero-order chi connectivity index (χ0) is 14.2. The van der Waals surface area contributed by atoms with E-state index in [1.54, 1.807) is 6.07 Å². The van der Waals surface area contributed by atoms with Crippen molar-refractivity contribution in [1.82, 2.24) is 9.97 Å². The fourth-order valence-electron chi connectivity index (χ4n) is 2.00. The molecule has 0 saturated heterocycles. The van der Waals surface area contributed by atoms with E-state index in [9.17, 15) is 14.7 Å². The zero-order valence-electron chi connectivity index (χ0n) is 11.0. The Balaban J connectivity index is 2.88. The van der Waals surface area contributed by atoms with Crippen molar-refractivity contribution in [1.29, 1.82) is 0 Å². The highest BCUT2D eigenvalue weighted by atomic mass is 31.2. The standard InChI is InChI=1S/C12H14N3O3P/c1-4-11-13-7-8-9(14-11)5-6-10(15(16)17)12(8)19(2,3)18/h5-7H,4H2,1-3H3.